The third kappa shape index (κ3) is 5.64. The van der Waals surface area contributed by atoms with Crippen molar-refractivity contribution < 1.29 is 13.9 Å². The third-order valence-electron chi connectivity index (χ3n) is 6.17. The zero-order chi connectivity index (χ0) is 24.7. The fourth-order valence-electron chi connectivity index (χ4n) is 4.25. The fraction of sp³-hybridized carbons (Fsp3) is 0.200. The summed E-state index contributed by atoms with van der Waals surface area (Å²) < 4.78 is 26.1. The number of pyridine rings is 1. The molecular formula is C30H26FN3O2. The summed E-state index contributed by atoms with van der Waals surface area (Å²) in [5.41, 5.74) is 2.87. The average molecular weight is 480 g/mol. The molecule has 4 aromatic rings. The maximum atomic E-state index is 14.2. The Labute approximate surface area is 210 Å². The van der Waals surface area contributed by atoms with Gasteiger partial charge in [-0.3, -0.25) is 0 Å². The third-order valence-corrected chi connectivity index (χ3v) is 6.17. The Hall–Kier alpha value is -4.37. The van der Waals surface area contributed by atoms with E-state index in [4.69, 9.17) is 19.7 Å². The Morgan fingerprint density at radius 2 is 1.58 bits per heavy atom. The van der Waals surface area contributed by atoms with Crippen molar-refractivity contribution >= 4 is 5.82 Å². The van der Waals surface area contributed by atoms with E-state index in [0.717, 1.165) is 37.3 Å². The summed E-state index contributed by atoms with van der Waals surface area (Å²) in [7, 11) is 0. The quantitative estimate of drug-likeness (QED) is 0.282. The normalized spacial score (nSPS) is 13.2. The highest BCUT2D eigenvalue weighted by molar-refractivity contribution is 5.68. The minimum absolute atomic E-state index is 0.321. The Morgan fingerprint density at radius 1 is 0.861 bits per heavy atom. The molecule has 0 radical (unpaired) electrons. The van der Waals surface area contributed by atoms with E-state index in [1.165, 1.54) is 18.6 Å². The van der Waals surface area contributed by atoms with Gasteiger partial charge in [-0.15, -0.1) is 0 Å². The van der Waals surface area contributed by atoms with Gasteiger partial charge in [-0.25, -0.2) is 9.37 Å². The maximum Gasteiger partial charge on any atom is 0.129 e. The van der Waals surface area contributed by atoms with Gasteiger partial charge in [0.15, 0.2) is 0 Å². The molecule has 0 unspecified atom stereocenters. The molecule has 0 amide bonds. The van der Waals surface area contributed by atoms with Crippen LogP contribution in [0.5, 0.6) is 17.2 Å². The number of benzene rings is 3. The van der Waals surface area contributed by atoms with E-state index in [1.807, 2.05) is 42.5 Å². The monoisotopic (exact) mass is 479 g/mol. The van der Waals surface area contributed by atoms with E-state index in [9.17, 15) is 4.39 Å². The first-order valence-corrected chi connectivity index (χ1v) is 12.1. The zero-order valence-corrected chi connectivity index (χ0v) is 19.9. The van der Waals surface area contributed by atoms with Crippen LogP contribution in [0.25, 0.3) is 11.3 Å². The van der Waals surface area contributed by atoms with Crippen molar-refractivity contribution in [3.8, 4) is 34.6 Å². The highest BCUT2D eigenvalue weighted by Crippen LogP contribution is 2.32. The maximum absolute atomic E-state index is 14.2. The largest absolute Gasteiger partial charge is 0.488 e. The van der Waals surface area contributed by atoms with Crippen LogP contribution in [-0.4, -0.2) is 18.1 Å². The van der Waals surface area contributed by atoms with Crippen molar-refractivity contribution in [1.29, 1.82) is 5.26 Å². The van der Waals surface area contributed by atoms with Crippen LogP contribution in [0.4, 0.5) is 10.2 Å². The lowest BCUT2D eigenvalue weighted by molar-refractivity contribution is 0.307. The molecule has 0 bridgehead atoms. The average Bonchev–Trinajstić information content (AvgIpc) is 2.94. The first-order valence-electron chi connectivity index (χ1n) is 12.1. The number of nitriles is 1. The Balaban J connectivity index is 1.28. The number of anilines is 1. The summed E-state index contributed by atoms with van der Waals surface area (Å²) in [6, 6.07) is 27.1. The molecule has 180 valence electrons. The van der Waals surface area contributed by atoms with Gasteiger partial charge in [0.2, 0.25) is 0 Å². The van der Waals surface area contributed by atoms with Crippen molar-refractivity contribution in [3.63, 3.8) is 0 Å². The predicted octanol–water partition coefficient (Wildman–Crippen LogP) is 7.12. The minimum atomic E-state index is -0.327. The second-order valence-electron chi connectivity index (χ2n) is 8.74. The zero-order valence-electron chi connectivity index (χ0n) is 19.9. The van der Waals surface area contributed by atoms with Crippen LogP contribution in [-0.2, 0) is 6.61 Å². The molecular weight excluding hydrogens is 453 g/mol. The van der Waals surface area contributed by atoms with Crippen LogP contribution in [0.15, 0.2) is 84.9 Å². The molecule has 0 N–H and O–H groups in total. The van der Waals surface area contributed by atoms with Gasteiger partial charge in [-0.1, -0.05) is 18.2 Å². The van der Waals surface area contributed by atoms with E-state index in [1.54, 1.807) is 30.3 Å². The van der Waals surface area contributed by atoms with Gasteiger partial charge in [0.1, 0.15) is 35.5 Å². The van der Waals surface area contributed by atoms with E-state index >= 15 is 0 Å². The van der Waals surface area contributed by atoms with Crippen LogP contribution < -0.4 is 14.4 Å². The Morgan fingerprint density at radius 3 is 2.31 bits per heavy atom. The van der Waals surface area contributed by atoms with Crippen LogP contribution in [0.1, 0.15) is 30.4 Å². The van der Waals surface area contributed by atoms with E-state index < -0.39 is 0 Å². The molecule has 5 nitrogen and oxygen atoms in total. The van der Waals surface area contributed by atoms with Gasteiger partial charge in [0.05, 0.1) is 17.3 Å². The standard InChI is InChI=1S/C30H26FN3O2/c31-24-11-16-29(27(19-24)28-5-4-6-30(33-28)34-17-2-1-3-18-34)35-21-23-9-14-26(15-10-23)36-25-12-7-22(20-32)8-13-25/h4-16,19H,1-3,17-18,21H2. The van der Waals surface area contributed by atoms with E-state index in [2.05, 4.69) is 11.0 Å². The first-order chi connectivity index (χ1) is 17.7. The number of piperidine rings is 1. The van der Waals surface area contributed by atoms with Crippen LogP contribution >= 0.6 is 0 Å². The van der Waals surface area contributed by atoms with Crippen molar-refractivity contribution in [1.82, 2.24) is 4.98 Å². The van der Waals surface area contributed by atoms with Crippen molar-refractivity contribution in [2.24, 2.45) is 0 Å². The summed E-state index contributed by atoms with van der Waals surface area (Å²) in [5, 5.41) is 8.92. The molecule has 36 heavy (non-hydrogen) atoms. The number of hydrogen-bond donors (Lipinski definition) is 0. The first kappa shape index (κ1) is 23.4. The summed E-state index contributed by atoms with van der Waals surface area (Å²) in [4.78, 5) is 7.12. The molecule has 3 aromatic carbocycles. The summed E-state index contributed by atoms with van der Waals surface area (Å²) >= 11 is 0. The van der Waals surface area contributed by atoms with Gasteiger partial charge in [0, 0.05) is 18.7 Å². The highest BCUT2D eigenvalue weighted by atomic mass is 19.1. The lowest BCUT2D eigenvalue weighted by Gasteiger charge is -2.28. The topological polar surface area (TPSA) is 58.4 Å². The summed E-state index contributed by atoms with van der Waals surface area (Å²) in [6.07, 6.45) is 3.58. The van der Waals surface area contributed by atoms with Gasteiger partial charge < -0.3 is 14.4 Å². The van der Waals surface area contributed by atoms with Gasteiger partial charge in [-0.05, 0) is 91.6 Å². The van der Waals surface area contributed by atoms with E-state index in [0.29, 0.717) is 40.7 Å². The number of nitrogens with zero attached hydrogens (tertiary/aromatic N) is 3. The van der Waals surface area contributed by atoms with Gasteiger partial charge >= 0.3 is 0 Å². The number of halogens is 1. The van der Waals surface area contributed by atoms with Crippen LogP contribution in [0.3, 0.4) is 0 Å². The minimum Gasteiger partial charge on any atom is -0.488 e. The Bertz CT molecular complexity index is 1360. The molecule has 0 saturated carbocycles. The molecule has 1 aliphatic rings. The molecule has 1 saturated heterocycles. The smallest absolute Gasteiger partial charge is 0.129 e. The Kier molecular flexibility index (Phi) is 7.09. The molecule has 0 aliphatic carbocycles. The highest BCUT2D eigenvalue weighted by Gasteiger charge is 2.15. The molecule has 1 aliphatic heterocycles. The molecule has 0 atom stereocenters. The van der Waals surface area contributed by atoms with Crippen molar-refractivity contribution in [2.75, 3.05) is 18.0 Å². The van der Waals surface area contributed by atoms with Crippen molar-refractivity contribution in [3.05, 3.63) is 102 Å². The summed E-state index contributed by atoms with van der Waals surface area (Å²) in [5.74, 6) is 2.52. The van der Waals surface area contributed by atoms with E-state index in [-0.39, 0.29) is 5.82 Å². The molecule has 0 spiro atoms. The van der Waals surface area contributed by atoms with Crippen LogP contribution in [0.2, 0.25) is 0 Å². The predicted molar refractivity (Wildman–Crippen MR) is 138 cm³/mol. The van der Waals surface area contributed by atoms with Crippen LogP contribution in [0, 0.1) is 17.1 Å². The number of aromatic nitrogens is 1. The number of ether oxygens (including phenoxy) is 2. The second kappa shape index (κ2) is 10.9. The SMILES string of the molecule is N#Cc1ccc(Oc2ccc(COc3ccc(F)cc3-c3cccc(N4CCCCC4)n3)cc2)cc1. The van der Waals surface area contributed by atoms with Gasteiger partial charge in [-0.2, -0.15) is 5.26 Å². The molecule has 5 rings (SSSR count). The molecule has 1 fully saturated rings. The number of hydrogen-bond acceptors (Lipinski definition) is 5. The lowest BCUT2D eigenvalue weighted by atomic mass is 10.1. The lowest BCUT2D eigenvalue weighted by Crippen LogP contribution is -2.30. The molecule has 2 heterocycles. The van der Waals surface area contributed by atoms with Gasteiger partial charge in [0.25, 0.3) is 0 Å². The molecule has 6 heteroatoms. The van der Waals surface area contributed by atoms with Crippen molar-refractivity contribution in [2.45, 2.75) is 25.9 Å². The second-order valence-corrected chi connectivity index (χ2v) is 8.74. The molecule has 1 aromatic heterocycles. The fourth-order valence-corrected chi connectivity index (χ4v) is 4.25. The number of rotatable bonds is 7. The summed E-state index contributed by atoms with van der Waals surface area (Å²) in [6.45, 7) is 2.31.